The highest BCUT2D eigenvalue weighted by Crippen LogP contribution is 2.33. The number of imidazole rings is 1. The third-order valence-corrected chi connectivity index (χ3v) is 5.57. The summed E-state index contributed by atoms with van der Waals surface area (Å²) < 4.78 is 1.40. The molecule has 1 aromatic carbocycles. The zero-order chi connectivity index (χ0) is 17.0. The molecule has 0 saturated carbocycles. The average Bonchev–Trinajstić information content (AvgIpc) is 3.17. The fraction of sp³-hybridized carbons (Fsp3) is 0.294. The molecule has 0 aliphatic carbocycles. The average molecular weight is 352 g/mol. The first-order valence-electron chi connectivity index (χ1n) is 8.30. The molecular formula is C17H16N6OS. The Kier molecular flexibility index (Phi) is 3.14. The summed E-state index contributed by atoms with van der Waals surface area (Å²) in [7, 11) is 0. The van der Waals surface area contributed by atoms with Crippen LogP contribution in [0.2, 0.25) is 0 Å². The highest BCUT2D eigenvalue weighted by molar-refractivity contribution is 7.20. The van der Waals surface area contributed by atoms with E-state index in [0.29, 0.717) is 10.9 Å². The Morgan fingerprint density at radius 3 is 2.92 bits per heavy atom. The third-order valence-electron chi connectivity index (χ3n) is 4.60. The fourth-order valence-corrected chi connectivity index (χ4v) is 4.07. The number of H-pyrrole nitrogens is 1. The van der Waals surface area contributed by atoms with Gasteiger partial charge < -0.3 is 9.88 Å². The second-order valence-corrected chi connectivity index (χ2v) is 7.19. The highest BCUT2D eigenvalue weighted by atomic mass is 32.1. The van der Waals surface area contributed by atoms with Crippen LogP contribution < -0.4 is 10.5 Å². The second kappa shape index (κ2) is 5.38. The van der Waals surface area contributed by atoms with E-state index >= 15 is 0 Å². The van der Waals surface area contributed by atoms with E-state index in [2.05, 4.69) is 25.0 Å². The topological polar surface area (TPSA) is 79.2 Å². The van der Waals surface area contributed by atoms with E-state index in [1.807, 2.05) is 31.2 Å². The number of nitrogens with zero attached hydrogens (tertiary/aromatic N) is 5. The summed E-state index contributed by atoms with van der Waals surface area (Å²) >= 11 is 1.46. The Bertz CT molecular complexity index is 1100. The zero-order valence-electron chi connectivity index (χ0n) is 13.6. The number of nitrogens with one attached hydrogen (secondary N) is 1. The van der Waals surface area contributed by atoms with Crippen molar-refractivity contribution in [2.45, 2.75) is 19.3 Å². The summed E-state index contributed by atoms with van der Waals surface area (Å²) in [5.74, 6) is 1.37. The van der Waals surface area contributed by atoms with E-state index < -0.39 is 0 Å². The summed E-state index contributed by atoms with van der Waals surface area (Å²) in [6.45, 7) is 3.68. The van der Waals surface area contributed by atoms with E-state index in [4.69, 9.17) is 0 Å². The molecule has 25 heavy (non-hydrogen) atoms. The van der Waals surface area contributed by atoms with Crippen LogP contribution in [-0.4, -0.2) is 37.7 Å². The molecule has 1 fully saturated rings. The van der Waals surface area contributed by atoms with E-state index in [9.17, 15) is 4.79 Å². The summed E-state index contributed by atoms with van der Waals surface area (Å²) in [5.41, 5.74) is 2.76. The van der Waals surface area contributed by atoms with Gasteiger partial charge in [0, 0.05) is 24.8 Å². The first-order chi connectivity index (χ1) is 12.2. The summed E-state index contributed by atoms with van der Waals surface area (Å²) in [4.78, 5) is 27.5. The van der Waals surface area contributed by atoms with Crippen molar-refractivity contribution in [1.29, 1.82) is 0 Å². The lowest BCUT2D eigenvalue weighted by Gasteiger charge is -2.37. The number of aromatic amines is 1. The molecule has 4 aromatic rings. The van der Waals surface area contributed by atoms with Gasteiger partial charge in [-0.15, -0.1) is 5.10 Å². The first-order valence-corrected chi connectivity index (χ1v) is 9.12. The molecule has 0 unspecified atom stereocenters. The van der Waals surface area contributed by atoms with Crippen LogP contribution >= 0.6 is 11.3 Å². The molecule has 0 spiro atoms. The number of benzene rings is 1. The van der Waals surface area contributed by atoms with Crippen LogP contribution in [-0.2, 0) is 6.42 Å². The van der Waals surface area contributed by atoms with Gasteiger partial charge in [0.25, 0.3) is 5.56 Å². The fourth-order valence-electron chi connectivity index (χ4n) is 3.13. The number of anilines is 1. The molecular weight excluding hydrogens is 336 g/mol. The Labute approximate surface area is 147 Å². The molecule has 1 aliphatic rings. The minimum absolute atomic E-state index is 0.112. The second-order valence-electron chi connectivity index (χ2n) is 6.26. The number of rotatable bonds is 3. The summed E-state index contributed by atoms with van der Waals surface area (Å²) in [6.07, 6.45) is 0.747. The van der Waals surface area contributed by atoms with E-state index in [-0.39, 0.29) is 5.56 Å². The van der Waals surface area contributed by atoms with Crippen molar-refractivity contribution in [3.05, 3.63) is 52.2 Å². The zero-order valence-corrected chi connectivity index (χ0v) is 14.5. The lowest BCUT2D eigenvalue weighted by atomic mass is 10.0. The molecule has 0 radical (unpaired) electrons. The number of para-hydroxylation sites is 2. The van der Waals surface area contributed by atoms with Crippen molar-refractivity contribution in [3.63, 3.8) is 0 Å². The predicted molar refractivity (Wildman–Crippen MR) is 97.6 cm³/mol. The molecule has 1 N–H and O–H groups in total. The smallest absolute Gasteiger partial charge is 0.275 e. The molecule has 0 amide bonds. The molecule has 126 valence electrons. The van der Waals surface area contributed by atoms with Crippen LogP contribution in [0.25, 0.3) is 16.0 Å². The number of aryl methyl sites for hydroxylation is 1. The molecule has 4 heterocycles. The van der Waals surface area contributed by atoms with Gasteiger partial charge in [0.05, 0.1) is 17.0 Å². The maximum absolute atomic E-state index is 12.1. The van der Waals surface area contributed by atoms with Crippen molar-refractivity contribution < 1.29 is 0 Å². The van der Waals surface area contributed by atoms with Gasteiger partial charge in [0.15, 0.2) is 0 Å². The summed E-state index contributed by atoms with van der Waals surface area (Å²) in [5, 5.41) is 5.27. The molecule has 8 heteroatoms. The SMILES string of the molecule is CCc1cc(=O)n2nc(N3CC(c4nc5ccccc5[nH]4)C3)sc2n1. The number of hydrogen-bond donors (Lipinski definition) is 1. The van der Waals surface area contributed by atoms with Crippen molar-refractivity contribution in [1.82, 2.24) is 24.6 Å². The molecule has 1 saturated heterocycles. The first kappa shape index (κ1) is 14.6. The van der Waals surface area contributed by atoms with Gasteiger partial charge in [-0.2, -0.15) is 4.52 Å². The molecule has 1 aliphatic heterocycles. The number of hydrogen-bond acceptors (Lipinski definition) is 6. The normalized spacial score (nSPS) is 15.2. The van der Waals surface area contributed by atoms with Gasteiger partial charge in [-0.3, -0.25) is 4.79 Å². The maximum atomic E-state index is 12.1. The van der Waals surface area contributed by atoms with Gasteiger partial charge >= 0.3 is 0 Å². The highest BCUT2D eigenvalue weighted by Gasteiger charge is 2.32. The van der Waals surface area contributed by atoms with Crippen LogP contribution in [0.4, 0.5) is 5.13 Å². The van der Waals surface area contributed by atoms with Crippen LogP contribution in [0.5, 0.6) is 0 Å². The monoisotopic (exact) mass is 352 g/mol. The number of aromatic nitrogens is 5. The van der Waals surface area contributed by atoms with E-state index in [0.717, 1.165) is 47.2 Å². The van der Waals surface area contributed by atoms with Crippen LogP contribution in [0, 0.1) is 0 Å². The maximum Gasteiger partial charge on any atom is 0.275 e. The molecule has 0 bridgehead atoms. The largest absolute Gasteiger partial charge is 0.345 e. The summed E-state index contributed by atoms with van der Waals surface area (Å²) in [6, 6.07) is 9.62. The van der Waals surface area contributed by atoms with Gasteiger partial charge in [0.1, 0.15) is 5.82 Å². The van der Waals surface area contributed by atoms with Gasteiger partial charge in [-0.25, -0.2) is 9.97 Å². The van der Waals surface area contributed by atoms with Crippen LogP contribution in [0.1, 0.15) is 24.4 Å². The standard InChI is InChI=1S/C17H16N6OS/c1-2-11-7-14(24)23-16(18-11)25-17(21-23)22-8-10(9-22)15-19-12-5-3-4-6-13(12)20-15/h3-7,10H,2,8-9H2,1H3,(H,19,20). The van der Waals surface area contributed by atoms with E-state index in [1.165, 1.54) is 15.9 Å². The molecule has 0 atom stereocenters. The van der Waals surface area contributed by atoms with Crippen molar-refractivity contribution in [2.75, 3.05) is 18.0 Å². The Hall–Kier alpha value is -2.74. The van der Waals surface area contributed by atoms with E-state index in [1.54, 1.807) is 6.07 Å². The van der Waals surface area contributed by atoms with Gasteiger partial charge in [-0.05, 0) is 18.6 Å². The Morgan fingerprint density at radius 1 is 1.28 bits per heavy atom. The van der Waals surface area contributed by atoms with Crippen LogP contribution in [0.15, 0.2) is 35.1 Å². The molecule has 3 aromatic heterocycles. The minimum Gasteiger partial charge on any atom is -0.345 e. The Balaban J connectivity index is 1.40. The quantitative estimate of drug-likeness (QED) is 0.611. The molecule has 7 nitrogen and oxygen atoms in total. The third kappa shape index (κ3) is 2.32. The van der Waals surface area contributed by atoms with Crippen molar-refractivity contribution in [3.8, 4) is 0 Å². The Morgan fingerprint density at radius 2 is 2.12 bits per heavy atom. The number of fused-ring (bicyclic) bond motifs is 2. The minimum atomic E-state index is -0.112. The lowest BCUT2D eigenvalue weighted by molar-refractivity contribution is 0.502. The van der Waals surface area contributed by atoms with Crippen LogP contribution in [0.3, 0.4) is 0 Å². The van der Waals surface area contributed by atoms with Crippen molar-refractivity contribution in [2.24, 2.45) is 0 Å². The van der Waals surface area contributed by atoms with Crippen molar-refractivity contribution >= 4 is 32.5 Å². The van der Waals surface area contributed by atoms with Gasteiger partial charge in [-0.1, -0.05) is 30.4 Å². The predicted octanol–water partition coefficient (Wildman–Crippen LogP) is 2.19. The lowest BCUT2D eigenvalue weighted by Crippen LogP contribution is -2.45. The van der Waals surface area contributed by atoms with Gasteiger partial charge in [0.2, 0.25) is 10.1 Å². The molecule has 5 rings (SSSR count).